The maximum Gasteiger partial charge on any atom is 0.235 e. The molecule has 1 aromatic heterocycles. The Morgan fingerprint density at radius 2 is 1.89 bits per heavy atom. The fourth-order valence-corrected chi connectivity index (χ4v) is 1.78. The van der Waals surface area contributed by atoms with Crippen molar-refractivity contribution >= 4 is 34.7 Å². The number of nitriles is 1. The zero-order valence-corrected chi connectivity index (χ0v) is 11.3. The summed E-state index contributed by atoms with van der Waals surface area (Å²) in [5.74, 6) is 0.555. The number of halogens is 2. The van der Waals surface area contributed by atoms with Gasteiger partial charge in [0, 0.05) is 10.7 Å². The van der Waals surface area contributed by atoms with E-state index in [-0.39, 0.29) is 16.7 Å². The maximum absolute atomic E-state index is 8.83. The molecular weight excluding hydrogens is 287 g/mol. The molecule has 0 spiro atoms. The largest absolute Gasteiger partial charge is 0.490 e. The van der Waals surface area contributed by atoms with Gasteiger partial charge in [0.15, 0.2) is 16.7 Å². The van der Waals surface area contributed by atoms with Crippen molar-refractivity contribution in [2.75, 3.05) is 12.4 Å². The van der Waals surface area contributed by atoms with Gasteiger partial charge >= 0.3 is 0 Å². The quantitative estimate of drug-likeness (QED) is 0.879. The number of methoxy groups -OCH3 is 1. The molecule has 0 fully saturated rings. The van der Waals surface area contributed by atoms with Crippen LogP contribution >= 0.6 is 23.2 Å². The Kier molecular flexibility index (Phi) is 4.05. The van der Waals surface area contributed by atoms with Crippen molar-refractivity contribution in [1.29, 1.82) is 5.26 Å². The van der Waals surface area contributed by atoms with E-state index in [9.17, 15) is 0 Å². The minimum Gasteiger partial charge on any atom is -0.490 e. The van der Waals surface area contributed by atoms with Gasteiger partial charge in [-0.15, -0.1) is 0 Å². The van der Waals surface area contributed by atoms with Crippen LogP contribution < -0.4 is 10.1 Å². The summed E-state index contributed by atoms with van der Waals surface area (Å²) in [5.41, 5.74) is 0.737. The molecular formula is C12H8Cl2N4O. The molecule has 1 N–H and O–H groups in total. The Morgan fingerprint density at radius 1 is 1.21 bits per heavy atom. The summed E-state index contributed by atoms with van der Waals surface area (Å²) in [7, 11) is 1.45. The van der Waals surface area contributed by atoms with Crippen LogP contribution in [0.15, 0.2) is 24.3 Å². The van der Waals surface area contributed by atoms with Gasteiger partial charge in [-0.1, -0.05) is 23.2 Å². The monoisotopic (exact) mass is 294 g/mol. The molecule has 0 atom stereocenters. The van der Waals surface area contributed by atoms with Gasteiger partial charge < -0.3 is 10.1 Å². The second-order valence-corrected chi connectivity index (χ2v) is 4.26. The molecule has 0 aliphatic carbocycles. The van der Waals surface area contributed by atoms with Gasteiger partial charge in [0.25, 0.3) is 0 Å². The van der Waals surface area contributed by atoms with Crippen molar-refractivity contribution in [1.82, 2.24) is 9.97 Å². The second kappa shape index (κ2) is 5.74. The van der Waals surface area contributed by atoms with E-state index >= 15 is 0 Å². The predicted octanol–water partition coefficient (Wildman–Crippen LogP) is 3.41. The third-order valence-corrected chi connectivity index (χ3v) is 2.74. The molecule has 0 saturated carbocycles. The Hall–Kier alpha value is -2.03. The van der Waals surface area contributed by atoms with E-state index < -0.39 is 0 Å². The number of anilines is 2. The molecule has 0 unspecified atom stereocenters. The van der Waals surface area contributed by atoms with E-state index in [4.69, 9.17) is 33.2 Å². The standard InChI is InChI=1S/C12H8Cl2N4O/c1-19-10-11(14)17-9(6-15)18-12(10)16-8-4-2-7(13)3-5-8/h2-5H,1H3,(H,16,17,18). The van der Waals surface area contributed by atoms with E-state index in [0.717, 1.165) is 5.69 Å². The van der Waals surface area contributed by atoms with Crippen molar-refractivity contribution in [3.63, 3.8) is 0 Å². The molecule has 0 aliphatic rings. The third-order valence-electron chi connectivity index (χ3n) is 2.24. The maximum atomic E-state index is 8.83. The molecule has 19 heavy (non-hydrogen) atoms. The predicted molar refractivity (Wildman–Crippen MR) is 73.0 cm³/mol. The first-order valence-electron chi connectivity index (χ1n) is 5.18. The summed E-state index contributed by atoms with van der Waals surface area (Å²) in [6.07, 6.45) is 0. The van der Waals surface area contributed by atoms with Crippen LogP contribution in [-0.2, 0) is 0 Å². The number of hydrogen-bond acceptors (Lipinski definition) is 5. The Morgan fingerprint density at radius 3 is 2.47 bits per heavy atom. The van der Waals surface area contributed by atoms with Crippen LogP contribution in [0.25, 0.3) is 0 Å². The number of benzene rings is 1. The summed E-state index contributed by atoms with van der Waals surface area (Å²) in [6.45, 7) is 0. The SMILES string of the molecule is COc1c(Cl)nc(C#N)nc1Nc1ccc(Cl)cc1. The third kappa shape index (κ3) is 3.05. The zero-order valence-electron chi connectivity index (χ0n) is 9.82. The van der Waals surface area contributed by atoms with Gasteiger partial charge in [-0.05, 0) is 24.3 Å². The lowest BCUT2D eigenvalue weighted by molar-refractivity contribution is 0.413. The highest BCUT2D eigenvalue weighted by Gasteiger charge is 2.13. The summed E-state index contributed by atoms with van der Waals surface area (Å²) in [5, 5.41) is 12.5. The highest BCUT2D eigenvalue weighted by molar-refractivity contribution is 6.31. The van der Waals surface area contributed by atoms with Crippen molar-refractivity contribution < 1.29 is 4.74 Å². The Balaban J connectivity index is 2.41. The molecule has 2 rings (SSSR count). The van der Waals surface area contributed by atoms with Crippen molar-refractivity contribution in [2.24, 2.45) is 0 Å². The number of hydrogen-bond donors (Lipinski definition) is 1. The van der Waals surface area contributed by atoms with Gasteiger partial charge in [0.05, 0.1) is 7.11 Å². The molecule has 0 saturated heterocycles. The first-order valence-corrected chi connectivity index (χ1v) is 5.94. The number of aromatic nitrogens is 2. The van der Waals surface area contributed by atoms with Crippen LogP contribution in [0.5, 0.6) is 5.75 Å². The van der Waals surface area contributed by atoms with E-state index in [1.807, 2.05) is 6.07 Å². The van der Waals surface area contributed by atoms with Crippen molar-refractivity contribution in [3.8, 4) is 11.8 Å². The zero-order chi connectivity index (χ0) is 13.8. The number of rotatable bonds is 3. The van der Waals surface area contributed by atoms with Gasteiger partial charge in [-0.3, -0.25) is 0 Å². The molecule has 0 bridgehead atoms. The van der Waals surface area contributed by atoms with E-state index in [2.05, 4.69) is 15.3 Å². The first kappa shape index (κ1) is 13.4. The number of nitrogens with one attached hydrogen (secondary N) is 1. The fraction of sp³-hybridized carbons (Fsp3) is 0.0833. The van der Waals surface area contributed by atoms with Crippen LogP contribution in [-0.4, -0.2) is 17.1 Å². The van der Waals surface area contributed by atoms with Crippen LogP contribution in [0, 0.1) is 11.3 Å². The molecule has 0 amide bonds. The van der Waals surface area contributed by atoms with Gasteiger partial charge in [-0.25, -0.2) is 4.98 Å². The molecule has 1 aromatic carbocycles. The lowest BCUT2D eigenvalue weighted by Crippen LogP contribution is -2.02. The van der Waals surface area contributed by atoms with Crippen LogP contribution in [0.1, 0.15) is 5.82 Å². The lowest BCUT2D eigenvalue weighted by Gasteiger charge is -2.11. The average Bonchev–Trinajstić information content (AvgIpc) is 2.41. The molecule has 2 aromatic rings. The summed E-state index contributed by atoms with van der Waals surface area (Å²) in [4.78, 5) is 7.80. The first-order chi connectivity index (χ1) is 9.13. The lowest BCUT2D eigenvalue weighted by atomic mass is 10.3. The van der Waals surface area contributed by atoms with Crippen molar-refractivity contribution in [3.05, 3.63) is 40.3 Å². The summed E-state index contributed by atoms with van der Waals surface area (Å²) in [6, 6.07) is 8.82. The smallest absolute Gasteiger partial charge is 0.235 e. The fourth-order valence-electron chi connectivity index (χ4n) is 1.41. The normalized spacial score (nSPS) is 9.79. The minimum absolute atomic E-state index is 0.0396. The van der Waals surface area contributed by atoms with E-state index in [0.29, 0.717) is 10.8 Å². The second-order valence-electron chi connectivity index (χ2n) is 3.46. The molecule has 0 radical (unpaired) electrons. The molecule has 96 valence electrons. The molecule has 5 nitrogen and oxygen atoms in total. The number of nitrogens with zero attached hydrogens (tertiary/aromatic N) is 3. The topological polar surface area (TPSA) is 70.8 Å². The van der Waals surface area contributed by atoms with Crippen LogP contribution in [0.4, 0.5) is 11.5 Å². The Labute approximate surface area is 119 Å². The highest BCUT2D eigenvalue weighted by Crippen LogP contribution is 2.31. The number of ether oxygens (including phenoxy) is 1. The van der Waals surface area contributed by atoms with E-state index in [1.165, 1.54) is 7.11 Å². The van der Waals surface area contributed by atoms with Crippen LogP contribution in [0.2, 0.25) is 10.2 Å². The van der Waals surface area contributed by atoms with Gasteiger partial charge in [0.1, 0.15) is 6.07 Å². The van der Waals surface area contributed by atoms with Crippen molar-refractivity contribution in [2.45, 2.75) is 0 Å². The van der Waals surface area contributed by atoms with Gasteiger partial charge in [-0.2, -0.15) is 10.2 Å². The van der Waals surface area contributed by atoms with Crippen LogP contribution in [0.3, 0.4) is 0 Å². The molecule has 0 aliphatic heterocycles. The van der Waals surface area contributed by atoms with E-state index in [1.54, 1.807) is 24.3 Å². The van der Waals surface area contributed by atoms with Gasteiger partial charge in [0.2, 0.25) is 5.82 Å². The minimum atomic E-state index is -0.0396. The molecule has 7 heteroatoms. The summed E-state index contributed by atoms with van der Waals surface area (Å²) >= 11 is 11.7. The molecule has 1 heterocycles. The highest BCUT2D eigenvalue weighted by atomic mass is 35.5. The Bertz CT molecular complexity index is 637. The summed E-state index contributed by atoms with van der Waals surface area (Å²) < 4.78 is 5.12. The average molecular weight is 295 g/mol.